The van der Waals surface area contributed by atoms with E-state index in [1.807, 2.05) is 0 Å². The number of benzene rings is 1. The average molecular weight is 290 g/mol. The molecule has 86 valence electrons. The third-order valence-electron chi connectivity index (χ3n) is 2.12. The Morgan fingerprint density at radius 2 is 2.19 bits per heavy atom. The van der Waals surface area contributed by atoms with Crippen molar-refractivity contribution in [1.29, 1.82) is 5.26 Å². The number of nitrogens with zero attached hydrogens (tertiary/aromatic N) is 1. The summed E-state index contributed by atoms with van der Waals surface area (Å²) in [5.41, 5.74) is -0.115. The largest absolute Gasteiger partial charge is 0.496 e. The summed E-state index contributed by atoms with van der Waals surface area (Å²) in [4.78, 5) is 0. The van der Waals surface area contributed by atoms with E-state index < -0.39 is 12.3 Å². The van der Waals surface area contributed by atoms with E-state index in [0.717, 1.165) is 0 Å². The second-order valence-electron chi connectivity index (χ2n) is 3.21. The minimum absolute atomic E-state index is 0.115. The first-order valence-electron chi connectivity index (χ1n) is 4.60. The Balaban J connectivity index is 2.96. The Morgan fingerprint density at radius 1 is 1.50 bits per heavy atom. The van der Waals surface area contributed by atoms with Crippen molar-refractivity contribution < 1.29 is 13.5 Å². The molecule has 0 N–H and O–H groups in total. The highest BCUT2D eigenvalue weighted by molar-refractivity contribution is 9.10. The van der Waals surface area contributed by atoms with Crippen LogP contribution in [0.2, 0.25) is 0 Å². The molecule has 2 nitrogen and oxygen atoms in total. The van der Waals surface area contributed by atoms with Gasteiger partial charge in [0, 0.05) is 18.4 Å². The number of nitriles is 1. The molecule has 1 aromatic carbocycles. The maximum atomic E-state index is 13.5. The molecule has 0 fully saturated rings. The first kappa shape index (κ1) is 12.9. The zero-order chi connectivity index (χ0) is 12.2. The van der Waals surface area contributed by atoms with E-state index in [1.165, 1.54) is 25.3 Å². The molecule has 0 heterocycles. The topological polar surface area (TPSA) is 33.0 Å². The Hall–Kier alpha value is -1.15. The highest BCUT2D eigenvalue weighted by atomic mass is 79.9. The van der Waals surface area contributed by atoms with Gasteiger partial charge in [0.1, 0.15) is 5.75 Å². The highest BCUT2D eigenvalue weighted by Gasteiger charge is 2.31. The highest BCUT2D eigenvalue weighted by Crippen LogP contribution is 2.36. The quantitative estimate of drug-likeness (QED) is 0.843. The molecular weight excluding hydrogens is 280 g/mol. The summed E-state index contributed by atoms with van der Waals surface area (Å²) in [7, 11) is 1.47. The molecule has 0 amide bonds. The lowest BCUT2D eigenvalue weighted by Gasteiger charge is -2.16. The lowest BCUT2D eigenvalue weighted by molar-refractivity contribution is -0.0120. The van der Waals surface area contributed by atoms with Crippen LogP contribution in [-0.2, 0) is 5.92 Å². The normalized spacial score (nSPS) is 10.9. The molecule has 0 unspecified atom stereocenters. The minimum Gasteiger partial charge on any atom is -0.496 e. The molecule has 0 radical (unpaired) electrons. The van der Waals surface area contributed by atoms with Crippen LogP contribution in [-0.4, -0.2) is 7.11 Å². The maximum absolute atomic E-state index is 13.5. The average Bonchev–Trinajstić information content (AvgIpc) is 2.26. The van der Waals surface area contributed by atoms with Crippen molar-refractivity contribution >= 4 is 15.9 Å². The Bertz CT molecular complexity index is 415. The van der Waals surface area contributed by atoms with Gasteiger partial charge in [-0.1, -0.05) is 0 Å². The number of alkyl halides is 2. The number of hydrogen-bond acceptors (Lipinski definition) is 2. The molecular formula is C11H10BrF2NO. The van der Waals surface area contributed by atoms with Crippen molar-refractivity contribution in [3.63, 3.8) is 0 Å². The van der Waals surface area contributed by atoms with Gasteiger partial charge in [0.2, 0.25) is 0 Å². The molecule has 0 aliphatic rings. The first-order valence-corrected chi connectivity index (χ1v) is 5.39. The Kier molecular flexibility index (Phi) is 4.25. The van der Waals surface area contributed by atoms with Crippen molar-refractivity contribution in [1.82, 2.24) is 0 Å². The van der Waals surface area contributed by atoms with E-state index in [9.17, 15) is 8.78 Å². The Labute approximate surface area is 101 Å². The standard InChI is InChI=1S/C11H10BrF2NO/c1-16-10-4-3-8(7-9(10)12)11(13,14)5-2-6-15/h3-4,7H,2,5H2,1H3. The fraction of sp³-hybridized carbons (Fsp3) is 0.364. The Morgan fingerprint density at radius 3 is 2.69 bits per heavy atom. The van der Waals surface area contributed by atoms with Crippen LogP contribution >= 0.6 is 15.9 Å². The van der Waals surface area contributed by atoms with Crippen LogP contribution in [0.4, 0.5) is 8.78 Å². The van der Waals surface area contributed by atoms with Gasteiger partial charge in [0.15, 0.2) is 0 Å². The predicted molar refractivity (Wildman–Crippen MR) is 59.4 cm³/mol. The SMILES string of the molecule is COc1ccc(C(F)(F)CCC#N)cc1Br. The fourth-order valence-electron chi connectivity index (χ4n) is 1.25. The second kappa shape index (κ2) is 5.26. The summed E-state index contributed by atoms with van der Waals surface area (Å²) >= 11 is 3.14. The van der Waals surface area contributed by atoms with E-state index >= 15 is 0 Å². The van der Waals surface area contributed by atoms with Crippen LogP contribution < -0.4 is 4.74 Å². The van der Waals surface area contributed by atoms with Crippen molar-refractivity contribution in [2.75, 3.05) is 7.11 Å². The van der Waals surface area contributed by atoms with Crippen molar-refractivity contribution in [3.05, 3.63) is 28.2 Å². The first-order chi connectivity index (χ1) is 7.51. The van der Waals surface area contributed by atoms with Gasteiger partial charge >= 0.3 is 0 Å². The van der Waals surface area contributed by atoms with E-state index in [-0.39, 0.29) is 12.0 Å². The van der Waals surface area contributed by atoms with Crippen LogP contribution in [0.3, 0.4) is 0 Å². The van der Waals surface area contributed by atoms with E-state index in [2.05, 4.69) is 15.9 Å². The van der Waals surface area contributed by atoms with Crippen LogP contribution in [0.5, 0.6) is 5.75 Å². The second-order valence-corrected chi connectivity index (χ2v) is 4.07. The molecule has 0 saturated carbocycles. The zero-order valence-electron chi connectivity index (χ0n) is 8.64. The monoisotopic (exact) mass is 289 g/mol. The molecule has 0 aliphatic carbocycles. The molecule has 0 aliphatic heterocycles. The van der Waals surface area contributed by atoms with Crippen LogP contribution in [0.1, 0.15) is 18.4 Å². The van der Waals surface area contributed by atoms with Crippen molar-refractivity contribution in [3.8, 4) is 11.8 Å². The van der Waals surface area contributed by atoms with Gasteiger partial charge in [-0.15, -0.1) is 0 Å². The minimum atomic E-state index is -2.98. The maximum Gasteiger partial charge on any atom is 0.274 e. The van der Waals surface area contributed by atoms with Gasteiger partial charge in [-0.2, -0.15) is 5.26 Å². The molecule has 0 atom stereocenters. The summed E-state index contributed by atoms with van der Waals surface area (Å²) in [6, 6.07) is 5.81. The van der Waals surface area contributed by atoms with E-state index in [4.69, 9.17) is 10.00 Å². The molecule has 0 spiro atoms. The van der Waals surface area contributed by atoms with Gasteiger partial charge < -0.3 is 4.74 Å². The molecule has 0 saturated heterocycles. The lowest BCUT2D eigenvalue weighted by atomic mass is 10.0. The molecule has 0 aromatic heterocycles. The van der Waals surface area contributed by atoms with Gasteiger partial charge in [-0.3, -0.25) is 0 Å². The molecule has 1 aromatic rings. The fourth-order valence-corrected chi connectivity index (χ4v) is 1.79. The number of hydrogen-bond donors (Lipinski definition) is 0. The molecule has 1 rings (SSSR count). The third kappa shape index (κ3) is 2.92. The van der Waals surface area contributed by atoms with Gasteiger partial charge in [0.25, 0.3) is 5.92 Å². The van der Waals surface area contributed by atoms with Crippen LogP contribution in [0.25, 0.3) is 0 Å². The van der Waals surface area contributed by atoms with Crippen LogP contribution in [0.15, 0.2) is 22.7 Å². The van der Waals surface area contributed by atoms with E-state index in [1.54, 1.807) is 6.07 Å². The van der Waals surface area contributed by atoms with Crippen LogP contribution in [0, 0.1) is 11.3 Å². The summed E-state index contributed by atoms with van der Waals surface area (Å²) in [5.74, 6) is -2.48. The lowest BCUT2D eigenvalue weighted by Crippen LogP contribution is -2.12. The predicted octanol–water partition coefficient (Wildman–Crippen LogP) is 3.85. The number of methoxy groups -OCH3 is 1. The van der Waals surface area contributed by atoms with Gasteiger partial charge in [-0.25, -0.2) is 8.78 Å². The molecule has 5 heteroatoms. The van der Waals surface area contributed by atoms with E-state index in [0.29, 0.717) is 10.2 Å². The summed E-state index contributed by atoms with van der Waals surface area (Å²) in [6.07, 6.45) is -0.640. The number of ether oxygens (including phenoxy) is 1. The summed E-state index contributed by atoms with van der Waals surface area (Å²) in [5, 5.41) is 8.30. The third-order valence-corrected chi connectivity index (χ3v) is 2.74. The summed E-state index contributed by atoms with van der Waals surface area (Å²) < 4.78 is 32.5. The van der Waals surface area contributed by atoms with Gasteiger partial charge in [0.05, 0.1) is 17.7 Å². The van der Waals surface area contributed by atoms with Crippen molar-refractivity contribution in [2.24, 2.45) is 0 Å². The zero-order valence-corrected chi connectivity index (χ0v) is 10.2. The smallest absolute Gasteiger partial charge is 0.274 e. The molecule has 0 bridgehead atoms. The van der Waals surface area contributed by atoms with Crippen molar-refractivity contribution in [2.45, 2.75) is 18.8 Å². The number of rotatable bonds is 4. The summed E-state index contributed by atoms with van der Waals surface area (Å²) in [6.45, 7) is 0. The van der Waals surface area contributed by atoms with Gasteiger partial charge in [-0.05, 0) is 34.1 Å². The molecule has 16 heavy (non-hydrogen) atoms. The number of halogens is 3.